The first kappa shape index (κ1) is 17.4. The summed E-state index contributed by atoms with van der Waals surface area (Å²) in [5.41, 5.74) is 3.97. The van der Waals surface area contributed by atoms with Crippen molar-refractivity contribution < 1.29 is 4.79 Å². The molecule has 27 heavy (non-hydrogen) atoms. The molecule has 0 aliphatic carbocycles. The molecule has 7 nitrogen and oxygen atoms in total. The molecule has 1 aromatic heterocycles. The molecule has 1 aliphatic heterocycles. The zero-order valence-corrected chi connectivity index (χ0v) is 15.6. The number of carbonyl (C=O) groups is 1. The SMILES string of the molecule is Cc1ccccc1-n1nnnc1SCC(=O)N1CCC(c2ccccc2)=N1. The Bertz CT molecular complexity index is 985. The van der Waals surface area contributed by atoms with Crippen LogP contribution in [0.4, 0.5) is 0 Å². The van der Waals surface area contributed by atoms with Gasteiger partial charge in [-0.05, 0) is 34.5 Å². The first-order chi connectivity index (χ1) is 13.2. The van der Waals surface area contributed by atoms with E-state index in [1.54, 1.807) is 4.68 Å². The van der Waals surface area contributed by atoms with Crippen molar-refractivity contribution in [3.63, 3.8) is 0 Å². The van der Waals surface area contributed by atoms with Crippen LogP contribution >= 0.6 is 11.8 Å². The van der Waals surface area contributed by atoms with Crippen LogP contribution in [0.3, 0.4) is 0 Å². The molecule has 0 spiro atoms. The number of amides is 1. The van der Waals surface area contributed by atoms with Crippen LogP contribution in [-0.2, 0) is 4.79 Å². The molecule has 0 bridgehead atoms. The van der Waals surface area contributed by atoms with Gasteiger partial charge in [0.1, 0.15) is 0 Å². The number of hydrogen-bond donors (Lipinski definition) is 0. The van der Waals surface area contributed by atoms with Crippen LogP contribution in [0, 0.1) is 6.92 Å². The zero-order chi connectivity index (χ0) is 18.6. The lowest BCUT2D eigenvalue weighted by atomic mass is 10.1. The van der Waals surface area contributed by atoms with E-state index in [9.17, 15) is 4.79 Å². The van der Waals surface area contributed by atoms with E-state index in [-0.39, 0.29) is 11.7 Å². The Hall–Kier alpha value is -3.00. The van der Waals surface area contributed by atoms with Gasteiger partial charge in [-0.25, -0.2) is 5.01 Å². The van der Waals surface area contributed by atoms with Gasteiger partial charge in [-0.2, -0.15) is 9.78 Å². The molecule has 0 atom stereocenters. The van der Waals surface area contributed by atoms with Crippen LogP contribution in [0.15, 0.2) is 64.9 Å². The van der Waals surface area contributed by atoms with Crippen LogP contribution in [0.1, 0.15) is 17.5 Å². The van der Waals surface area contributed by atoms with Crippen molar-refractivity contribution in [1.29, 1.82) is 0 Å². The molecule has 1 aliphatic rings. The summed E-state index contributed by atoms with van der Waals surface area (Å²) in [6, 6.07) is 17.8. The van der Waals surface area contributed by atoms with Crippen molar-refractivity contribution >= 4 is 23.4 Å². The lowest BCUT2D eigenvalue weighted by molar-refractivity contribution is -0.127. The van der Waals surface area contributed by atoms with Crippen molar-refractivity contribution in [3.05, 3.63) is 65.7 Å². The second-order valence-corrected chi connectivity index (χ2v) is 7.07. The second kappa shape index (κ2) is 7.71. The fraction of sp³-hybridized carbons (Fsp3) is 0.211. The van der Waals surface area contributed by atoms with E-state index >= 15 is 0 Å². The highest BCUT2D eigenvalue weighted by Crippen LogP contribution is 2.22. The Labute approximate surface area is 161 Å². The minimum atomic E-state index is -0.0507. The van der Waals surface area contributed by atoms with Gasteiger partial charge in [0, 0.05) is 6.42 Å². The lowest BCUT2D eigenvalue weighted by Crippen LogP contribution is -2.25. The summed E-state index contributed by atoms with van der Waals surface area (Å²) in [5.74, 6) is 0.183. The van der Waals surface area contributed by atoms with Gasteiger partial charge in [-0.3, -0.25) is 4.79 Å². The number of thioether (sulfide) groups is 1. The van der Waals surface area contributed by atoms with E-state index in [2.05, 4.69) is 20.6 Å². The molecule has 0 saturated heterocycles. The Balaban J connectivity index is 1.43. The smallest absolute Gasteiger partial charge is 0.253 e. The molecule has 3 aromatic rings. The van der Waals surface area contributed by atoms with E-state index in [0.29, 0.717) is 11.7 Å². The number of aryl methyl sites for hydroxylation is 1. The third-order valence-electron chi connectivity index (χ3n) is 4.31. The highest BCUT2D eigenvalue weighted by molar-refractivity contribution is 7.99. The molecule has 8 heteroatoms. The molecule has 4 rings (SSSR count). The van der Waals surface area contributed by atoms with Crippen LogP contribution in [0.2, 0.25) is 0 Å². The summed E-state index contributed by atoms with van der Waals surface area (Å²) in [4.78, 5) is 12.6. The van der Waals surface area contributed by atoms with Crippen molar-refractivity contribution in [3.8, 4) is 5.69 Å². The van der Waals surface area contributed by atoms with E-state index in [1.807, 2.05) is 61.5 Å². The van der Waals surface area contributed by atoms with E-state index in [4.69, 9.17) is 0 Å². The number of hydrazone groups is 1. The average molecular weight is 378 g/mol. The number of tetrazole rings is 1. The predicted molar refractivity (Wildman–Crippen MR) is 104 cm³/mol. The monoisotopic (exact) mass is 378 g/mol. The van der Waals surface area contributed by atoms with Gasteiger partial charge in [-0.1, -0.05) is 60.3 Å². The summed E-state index contributed by atoms with van der Waals surface area (Å²) >= 11 is 1.32. The number of nitrogens with zero attached hydrogens (tertiary/aromatic N) is 6. The van der Waals surface area contributed by atoms with Crippen molar-refractivity contribution in [1.82, 2.24) is 25.2 Å². The first-order valence-corrected chi connectivity index (χ1v) is 9.61. The number of hydrogen-bond acceptors (Lipinski definition) is 6. The molecule has 136 valence electrons. The first-order valence-electron chi connectivity index (χ1n) is 8.63. The molecular formula is C19H18N6OS. The molecule has 0 N–H and O–H groups in total. The Morgan fingerprint density at radius 1 is 1.11 bits per heavy atom. The van der Waals surface area contributed by atoms with Gasteiger partial charge in [0.05, 0.1) is 23.7 Å². The Morgan fingerprint density at radius 2 is 1.89 bits per heavy atom. The number of para-hydroxylation sites is 1. The molecule has 1 amide bonds. The van der Waals surface area contributed by atoms with Crippen LogP contribution in [-0.4, -0.2) is 49.1 Å². The molecule has 2 heterocycles. The maximum atomic E-state index is 12.6. The number of aromatic nitrogens is 4. The van der Waals surface area contributed by atoms with Crippen LogP contribution in [0.25, 0.3) is 5.69 Å². The summed E-state index contributed by atoms with van der Waals surface area (Å²) in [6.07, 6.45) is 0.765. The summed E-state index contributed by atoms with van der Waals surface area (Å²) < 4.78 is 1.66. The number of carbonyl (C=O) groups excluding carboxylic acids is 1. The number of rotatable bonds is 5. The Kier molecular flexibility index (Phi) is 4.97. The third-order valence-corrected chi connectivity index (χ3v) is 5.21. The second-order valence-electron chi connectivity index (χ2n) is 6.13. The quantitative estimate of drug-likeness (QED) is 0.638. The molecule has 0 fully saturated rings. The predicted octanol–water partition coefficient (Wildman–Crippen LogP) is 2.70. The molecule has 0 unspecified atom stereocenters. The summed E-state index contributed by atoms with van der Waals surface area (Å²) in [5, 5.41) is 18.5. The summed E-state index contributed by atoms with van der Waals surface area (Å²) in [7, 11) is 0. The van der Waals surface area contributed by atoms with Crippen molar-refractivity contribution in [2.24, 2.45) is 5.10 Å². The van der Waals surface area contributed by atoms with Crippen molar-refractivity contribution in [2.75, 3.05) is 12.3 Å². The molecule has 0 radical (unpaired) electrons. The number of benzene rings is 2. The normalized spacial score (nSPS) is 13.7. The Morgan fingerprint density at radius 3 is 2.70 bits per heavy atom. The maximum absolute atomic E-state index is 12.6. The minimum Gasteiger partial charge on any atom is -0.272 e. The van der Waals surface area contributed by atoms with E-state index in [0.717, 1.165) is 28.9 Å². The highest BCUT2D eigenvalue weighted by Gasteiger charge is 2.22. The largest absolute Gasteiger partial charge is 0.272 e. The van der Waals surface area contributed by atoms with Crippen molar-refractivity contribution in [2.45, 2.75) is 18.5 Å². The maximum Gasteiger partial charge on any atom is 0.253 e. The van der Waals surface area contributed by atoms with E-state index in [1.165, 1.54) is 16.8 Å². The van der Waals surface area contributed by atoms with Gasteiger partial charge in [0.15, 0.2) is 0 Å². The van der Waals surface area contributed by atoms with Gasteiger partial charge in [-0.15, -0.1) is 5.10 Å². The standard InChI is InChI=1S/C19H18N6OS/c1-14-7-5-6-10-17(14)25-19(20-22-23-25)27-13-18(26)24-12-11-16(21-24)15-8-3-2-4-9-15/h2-10H,11-13H2,1H3. The lowest BCUT2D eigenvalue weighted by Gasteiger charge is -2.11. The van der Waals surface area contributed by atoms with Gasteiger partial charge in [0.25, 0.3) is 5.91 Å². The minimum absolute atomic E-state index is 0.0507. The molecular weight excluding hydrogens is 360 g/mol. The average Bonchev–Trinajstić information content (AvgIpc) is 3.37. The van der Waals surface area contributed by atoms with E-state index < -0.39 is 0 Å². The fourth-order valence-corrected chi connectivity index (χ4v) is 3.65. The molecule has 2 aromatic carbocycles. The third kappa shape index (κ3) is 3.75. The fourth-order valence-electron chi connectivity index (χ4n) is 2.89. The highest BCUT2D eigenvalue weighted by atomic mass is 32.2. The van der Waals surface area contributed by atoms with Gasteiger partial charge >= 0.3 is 0 Å². The summed E-state index contributed by atoms with van der Waals surface area (Å²) in [6.45, 7) is 2.60. The van der Waals surface area contributed by atoms with Crippen LogP contribution in [0.5, 0.6) is 0 Å². The van der Waals surface area contributed by atoms with Crippen LogP contribution < -0.4 is 0 Å². The zero-order valence-electron chi connectivity index (χ0n) is 14.8. The topological polar surface area (TPSA) is 76.3 Å². The van der Waals surface area contributed by atoms with Gasteiger partial charge < -0.3 is 0 Å². The molecule has 0 saturated carbocycles. The van der Waals surface area contributed by atoms with Gasteiger partial charge in [0.2, 0.25) is 5.16 Å².